The first-order valence-corrected chi connectivity index (χ1v) is 12.6. The molecule has 0 atom stereocenters. The Bertz CT molecular complexity index is 984. The second-order valence-electron chi connectivity index (χ2n) is 7.43. The van der Waals surface area contributed by atoms with E-state index in [-0.39, 0.29) is 10.8 Å². The zero-order chi connectivity index (χ0) is 19.6. The Balaban J connectivity index is 1.90. The lowest BCUT2D eigenvalue weighted by Crippen LogP contribution is -2.21. The summed E-state index contributed by atoms with van der Waals surface area (Å²) in [5.74, 6) is -1.51. The van der Waals surface area contributed by atoms with Gasteiger partial charge in [-0.25, -0.2) is 19.7 Å². The highest BCUT2D eigenvalue weighted by molar-refractivity contribution is 6.76. The molecule has 0 fully saturated rings. The van der Waals surface area contributed by atoms with Crippen LogP contribution in [-0.4, -0.2) is 45.3 Å². The highest BCUT2D eigenvalue weighted by atomic mass is 35.5. The van der Waals surface area contributed by atoms with Crippen LogP contribution in [0.3, 0.4) is 0 Å². The fourth-order valence-corrected chi connectivity index (χ4v) is 3.53. The van der Waals surface area contributed by atoms with Crippen molar-refractivity contribution in [1.82, 2.24) is 19.5 Å². The normalized spacial score (nSPS) is 11.9. The minimum absolute atomic E-state index is 0.272. The summed E-state index contributed by atoms with van der Waals surface area (Å²) in [6, 6.07) is 6.70. The Morgan fingerprint density at radius 2 is 2.07 bits per heavy atom. The summed E-state index contributed by atoms with van der Waals surface area (Å²) in [6.45, 7) is 8.06. The van der Waals surface area contributed by atoms with E-state index in [0.717, 1.165) is 18.2 Å². The molecule has 0 radical (unpaired) electrons. The molecule has 27 heavy (non-hydrogen) atoms. The second-order valence-corrected chi connectivity index (χ2v) is 13.5. The molecule has 3 aromatic rings. The fraction of sp³-hybridized carbons (Fsp3) is 0.333. The van der Waals surface area contributed by atoms with Crippen molar-refractivity contribution in [3.8, 4) is 11.3 Å². The zero-order valence-electron chi connectivity index (χ0n) is 15.4. The summed E-state index contributed by atoms with van der Waals surface area (Å²) in [6.07, 6.45) is 3.00. The average Bonchev–Trinajstić information content (AvgIpc) is 3.01. The molecular formula is C18H21ClN4O3Si. The molecule has 0 saturated heterocycles. The molecular weight excluding hydrogens is 384 g/mol. The van der Waals surface area contributed by atoms with Gasteiger partial charge in [0, 0.05) is 20.2 Å². The molecule has 7 nitrogen and oxygen atoms in total. The van der Waals surface area contributed by atoms with Gasteiger partial charge in [0.25, 0.3) is 0 Å². The van der Waals surface area contributed by atoms with E-state index in [1.165, 1.54) is 6.20 Å². The van der Waals surface area contributed by atoms with E-state index in [4.69, 9.17) is 21.4 Å². The lowest BCUT2D eigenvalue weighted by atomic mass is 10.1. The first-order valence-electron chi connectivity index (χ1n) is 8.54. The van der Waals surface area contributed by atoms with Gasteiger partial charge in [0.15, 0.2) is 0 Å². The van der Waals surface area contributed by atoms with Crippen molar-refractivity contribution in [1.29, 1.82) is 0 Å². The molecule has 0 saturated carbocycles. The predicted octanol–water partition coefficient (Wildman–Crippen LogP) is 4.16. The molecule has 2 aromatic heterocycles. The van der Waals surface area contributed by atoms with E-state index in [1.807, 2.05) is 22.8 Å². The van der Waals surface area contributed by atoms with Crippen molar-refractivity contribution in [3.05, 3.63) is 41.6 Å². The number of fused-ring (bicyclic) bond motifs is 1. The van der Waals surface area contributed by atoms with Crippen LogP contribution < -0.4 is 0 Å². The third-order valence-electron chi connectivity index (χ3n) is 4.07. The number of aromatic nitrogens is 4. The highest BCUT2D eigenvalue weighted by Gasteiger charge is 2.17. The topological polar surface area (TPSA) is 90.1 Å². The van der Waals surface area contributed by atoms with Crippen LogP contribution >= 0.6 is 11.6 Å². The summed E-state index contributed by atoms with van der Waals surface area (Å²) >= 11 is 6.21. The Hall–Kier alpha value is -2.29. The van der Waals surface area contributed by atoms with Crippen LogP contribution in [0, 0.1) is 0 Å². The van der Waals surface area contributed by atoms with Crippen LogP contribution in [0.1, 0.15) is 10.6 Å². The van der Waals surface area contributed by atoms with Crippen molar-refractivity contribution in [2.75, 3.05) is 6.61 Å². The Morgan fingerprint density at radius 3 is 2.78 bits per heavy atom. The smallest absolute Gasteiger partial charge is 0.373 e. The molecule has 0 unspecified atom stereocenters. The van der Waals surface area contributed by atoms with Crippen molar-refractivity contribution < 1.29 is 14.6 Å². The fourth-order valence-electron chi connectivity index (χ4n) is 2.58. The van der Waals surface area contributed by atoms with Crippen LogP contribution in [0.2, 0.25) is 30.7 Å². The maximum Gasteiger partial charge on any atom is 0.373 e. The number of benzene rings is 1. The predicted molar refractivity (Wildman–Crippen MR) is 107 cm³/mol. The van der Waals surface area contributed by atoms with Crippen LogP contribution in [0.4, 0.5) is 0 Å². The monoisotopic (exact) mass is 404 g/mol. The Morgan fingerprint density at radius 1 is 1.30 bits per heavy atom. The maximum atomic E-state index is 11.2. The first kappa shape index (κ1) is 19.5. The van der Waals surface area contributed by atoms with Gasteiger partial charge in [-0.3, -0.25) is 0 Å². The molecule has 2 heterocycles. The summed E-state index contributed by atoms with van der Waals surface area (Å²) in [5.41, 5.74) is 2.55. The second kappa shape index (κ2) is 7.75. The minimum atomic E-state index is -1.21. The Labute approximate surface area is 163 Å². The van der Waals surface area contributed by atoms with Crippen molar-refractivity contribution in [2.45, 2.75) is 32.4 Å². The van der Waals surface area contributed by atoms with Gasteiger partial charge < -0.3 is 14.4 Å². The minimum Gasteiger partial charge on any atom is -0.475 e. The number of carbonyl (C=O) groups is 1. The van der Waals surface area contributed by atoms with Gasteiger partial charge in [-0.15, -0.1) is 0 Å². The lowest BCUT2D eigenvalue weighted by molar-refractivity contribution is 0.0683. The molecule has 9 heteroatoms. The summed E-state index contributed by atoms with van der Waals surface area (Å²) in [7, 11) is -1.13. The molecule has 0 bridgehead atoms. The number of aromatic carboxylic acids is 1. The molecule has 0 aliphatic carbocycles. The van der Waals surface area contributed by atoms with E-state index < -0.39 is 14.0 Å². The number of para-hydroxylation sites is 1. The van der Waals surface area contributed by atoms with Gasteiger partial charge in [0.2, 0.25) is 5.82 Å². The van der Waals surface area contributed by atoms with Crippen LogP contribution in [-0.2, 0) is 11.5 Å². The van der Waals surface area contributed by atoms with Gasteiger partial charge in [-0.2, -0.15) is 0 Å². The van der Waals surface area contributed by atoms with E-state index in [2.05, 4.69) is 34.6 Å². The van der Waals surface area contributed by atoms with Crippen LogP contribution in [0.5, 0.6) is 0 Å². The van der Waals surface area contributed by atoms with Crippen LogP contribution in [0.25, 0.3) is 22.3 Å². The molecule has 1 aromatic carbocycles. The van der Waals surface area contributed by atoms with Crippen molar-refractivity contribution in [3.63, 3.8) is 0 Å². The van der Waals surface area contributed by atoms with Crippen molar-refractivity contribution >= 4 is 36.7 Å². The molecule has 3 rings (SSSR count). The van der Waals surface area contributed by atoms with Gasteiger partial charge >= 0.3 is 5.97 Å². The zero-order valence-corrected chi connectivity index (χ0v) is 17.2. The molecule has 0 aliphatic rings. The number of imidazole rings is 1. The summed E-state index contributed by atoms with van der Waals surface area (Å²) in [5, 5.41) is 9.41. The van der Waals surface area contributed by atoms with E-state index in [9.17, 15) is 4.79 Å². The number of hydrogen-bond acceptors (Lipinski definition) is 5. The first-order chi connectivity index (χ1) is 12.8. The number of carboxylic acids is 1. The Kier molecular flexibility index (Phi) is 5.59. The van der Waals surface area contributed by atoms with Gasteiger partial charge in [-0.05, 0) is 12.1 Å². The highest BCUT2D eigenvalue weighted by Crippen LogP contribution is 2.31. The summed E-state index contributed by atoms with van der Waals surface area (Å²) < 4.78 is 7.72. The number of carboxylic acid groups (broad SMARTS) is 1. The number of hydrogen-bond donors (Lipinski definition) is 1. The SMILES string of the molecule is C[Si](C)(C)CCOCn1cnc2c(-c3nc(C(=O)O)ncc3Cl)cccc21. The van der Waals surface area contributed by atoms with Crippen molar-refractivity contribution in [2.24, 2.45) is 0 Å². The summed E-state index contributed by atoms with van der Waals surface area (Å²) in [4.78, 5) is 23.5. The van der Waals surface area contributed by atoms with Gasteiger partial charge in [-0.1, -0.05) is 43.4 Å². The molecule has 0 spiro atoms. The third-order valence-corrected chi connectivity index (χ3v) is 6.05. The number of ether oxygens (including phenoxy) is 1. The quantitative estimate of drug-likeness (QED) is 0.469. The molecule has 0 amide bonds. The number of halogens is 1. The van der Waals surface area contributed by atoms with Gasteiger partial charge in [0.1, 0.15) is 6.73 Å². The van der Waals surface area contributed by atoms with Crippen LogP contribution in [0.15, 0.2) is 30.7 Å². The maximum absolute atomic E-state index is 11.2. The van der Waals surface area contributed by atoms with E-state index in [1.54, 1.807) is 6.33 Å². The average molecular weight is 405 g/mol. The van der Waals surface area contributed by atoms with Gasteiger partial charge in [0.05, 0.1) is 34.3 Å². The molecule has 1 N–H and O–H groups in total. The van der Waals surface area contributed by atoms with E-state index >= 15 is 0 Å². The third kappa shape index (κ3) is 4.52. The number of rotatable bonds is 7. The standard InChI is InChI=1S/C18H21ClN4O3Si/c1-27(2,3)8-7-26-11-23-10-21-16-12(5-4-6-14(16)23)15-13(19)9-20-17(22-15)18(24)25/h4-6,9-10H,7-8,11H2,1-3H3,(H,24,25). The largest absolute Gasteiger partial charge is 0.475 e. The van der Waals surface area contributed by atoms with E-state index in [0.29, 0.717) is 23.5 Å². The molecule has 142 valence electrons. The lowest BCUT2D eigenvalue weighted by Gasteiger charge is -2.15. The number of nitrogens with zero attached hydrogens (tertiary/aromatic N) is 4. The molecule has 0 aliphatic heterocycles.